The molecule has 2 heterocycles. The Morgan fingerprint density at radius 1 is 0.964 bits per heavy atom. The van der Waals surface area contributed by atoms with Crippen LogP contribution in [0.25, 0.3) is 0 Å². The van der Waals surface area contributed by atoms with Crippen LogP contribution in [0.5, 0.6) is 0 Å². The number of benzene rings is 2. The van der Waals surface area contributed by atoms with Crippen LogP contribution in [0.4, 0.5) is 15.8 Å². The second-order valence-electron chi connectivity index (χ2n) is 7.05. The topological polar surface area (TPSA) is 60.9 Å². The van der Waals surface area contributed by atoms with Gasteiger partial charge in [0.05, 0.1) is 10.6 Å². The number of carbonyl (C=O) groups excluding carboxylic acids is 1. The number of anilines is 2. The first kappa shape index (κ1) is 18.9. The van der Waals surface area contributed by atoms with E-state index in [4.69, 9.17) is 0 Å². The molecule has 0 bridgehead atoms. The van der Waals surface area contributed by atoms with Crippen LogP contribution < -0.4 is 9.80 Å². The van der Waals surface area contributed by atoms with Gasteiger partial charge in [-0.05, 0) is 42.3 Å². The zero-order valence-corrected chi connectivity index (χ0v) is 16.5. The minimum absolute atomic E-state index is 0.0429. The number of halogens is 1. The number of nitrogens with zero attached hydrogens (tertiary/aromatic N) is 3. The molecule has 0 aliphatic carbocycles. The maximum atomic E-state index is 14.0. The summed E-state index contributed by atoms with van der Waals surface area (Å²) < 4.78 is 41.6. The third-order valence-electron chi connectivity index (χ3n) is 5.40. The van der Waals surface area contributed by atoms with Crippen molar-refractivity contribution in [3.63, 3.8) is 0 Å². The summed E-state index contributed by atoms with van der Waals surface area (Å²) >= 11 is 0. The summed E-state index contributed by atoms with van der Waals surface area (Å²) in [6.45, 7) is 3.55. The Morgan fingerprint density at radius 3 is 2.36 bits per heavy atom. The van der Waals surface area contributed by atoms with E-state index in [2.05, 4.69) is 0 Å². The van der Waals surface area contributed by atoms with Crippen LogP contribution in [0.15, 0.2) is 47.4 Å². The van der Waals surface area contributed by atoms with E-state index in [1.807, 2.05) is 4.90 Å². The Labute approximate surface area is 164 Å². The molecule has 1 fully saturated rings. The molecular weight excluding hydrogens is 381 g/mol. The van der Waals surface area contributed by atoms with Gasteiger partial charge in [-0.3, -0.25) is 4.79 Å². The molecule has 148 valence electrons. The Kier molecular flexibility index (Phi) is 4.84. The lowest BCUT2D eigenvalue weighted by Crippen LogP contribution is -2.48. The van der Waals surface area contributed by atoms with Crippen molar-refractivity contribution in [1.29, 1.82) is 0 Å². The minimum Gasteiger partial charge on any atom is -0.367 e. The molecule has 0 saturated carbocycles. The molecule has 6 nitrogen and oxygen atoms in total. The fourth-order valence-corrected chi connectivity index (χ4v) is 5.37. The molecule has 0 unspecified atom stereocenters. The molecule has 0 radical (unpaired) electrons. The Hall–Kier alpha value is -2.45. The number of para-hydroxylation sites is 1. The average molecular weight is 403 g/mol. The Morgan fingerprint density at radius 2 is 1.68 bits per heavy atom. The normalized spacial score (nSPS) is 17.6. The van der Waals surface area contributed by atoms with Crippen molar-refractivity contribution in [3.8, 4) is 0 Å². The molecule has 4 rings (SSSR count). The fraction of sp³-hybridized carbons (Fsp3) is 0.350. The molecule has 2 aliphatic rings. The van der Waals surface area contributed by atoms with Gasteiger partial charge in [0.2, 0.25) is 15.9 Å². The maximum absolute atomic E-state index is 14.0. The van der Waals surface area contributed by atoms with Crippen molar-refractivity contribution < 1.29 is 17.6 Å². The van der Waals surface area contributed by atoms with Gasteiger partial charge in [0, 0.05) is 45.3 Å². The fourth-order valence-electron chi connectivity index (χ4n) is 3.89. The number of rotatable bonds is 3. The van der Waals surface area contributed by atoms with Crippen LogP contribution in [0, 0.1) is 5.82 Å². The van der Waals surface area contributed by atoms with Gasteiger partial charge in [0.25, 0.3) is 0 Å². The number of fused-ring (bicyclic) bond motifs is 1. The average Bonchev–Trinajstić information content (AvgIpc) is 3.12. The van der Waals surface area contributed by atoms with Crippen LogP contribution in [0.1, 0.15) is 12.5 Å². The third-order valence-corrected chi connectivity index (χ3v) is 7.29. The summed E-state index contributed by atoms with van der Waals surface area (Å²) in [5.74, 6) is -0.342. The van der Waals surface area contributed by atoms with Gasteiger partial charge < -0.3 is 9.80 Å². The first-order chi connectivity index (χ1) is 13.4. The van der Waals surface area contributed by atoms with Gasteiger partial charge in [-0.1, -0.05) is 12.1 Å². The second-order valence-corrected chi connectivity index (χ2v) is 8.99. The summed E-state index contributed by atoms with van der Waals surface area (Å²) in [4.78, 5) is 15.5. The van der Waals surface area contributed by atoms with Crippen molar-refractivity contribution in [1.82, 2.24) is 4.31 Å². The molecule has 8 heteroatoms. The zero-order valence-electron chi connectivity index (χ0n) is 15.6. The van der Waals surface area contributed by atoms with Crippen LogP contribution in [0.3, 0.4) is 0 Å². The minimum atomic E-state index is -3.63. The largest absolute Gasteiger partial charge is 0.367 e. The van der Waals surface area contributed by atoms with Gasteiger partial charge in [-0.2, -0.15) is 4.31 Å². The van der Waals surface area contributed by atoms with E-state index in [0.29, 0.717) is 44.8 Å². The van der Waals surface area contributed by atoms with E-state index in [-0.39, 0.29) is 16.6 Å². The van der Waals surface area contributed by atoms with Crippen LogP contribution in [0.2, 0.25) is 0 Å². The van der Waals surface area contributed by atoms with Crippen molar-refractivity contribution in [2.75, 3.05) is 42.5 Å². The molecular formula is C20H22FN3O3S. The number of amides is 1. The van der Waals surface area contributed by atoms with Crippen molar-refractivity contribution in [3.05, 3.63) is 53.8 Å². The molecule has 2 aromatic carbocycles. The first-order valence-electron chi connectivity index (χ1n) is 9.28. The third kappa shape index (κ3) is 3.27. The van der Waals surface area contributed by atoms with E-state index in [9.17, 15) is 17.6 Å². The van der Waals surface area contributed by atoms with Gasteiger partial charge in [-0.25, -0.2) is 12.8 Å². The maximum Gasteiger partial charge on any atom is 0.243 e. The SMILES string of the molecule is CC(=O)N1CCc2cc(S(=O)(=O)N3CCN(c4ccccc4F)CC3)ccc21. The second kappa shape index (κ2) is 7.18. The van der Waals surface area contributed by atoms with Crippen molar-refractivity contribution in [2.24, 2.45) is 0 Å². The highest BCUT2D eigenvalue weighted by Crippen LogP contribution is 2.31. The molecule has 0 N–H and O–H groups in total. The summed E-state index contributed by atoms with van der Waals surface area (Å²) in [6, 6.07) is 11.5. The predicted octanol–water partition coefficient (Wildman–Crippen LogP) is 2.25. The molecule has 2 aliphatic heterocycles. The summed E-state index contributed by atoms with van der Waals surface area (Å²) in [7, 11) is -3.63. The molecule has 0 atom stereocenters. The highest BCUT2D eigenvalue weighted by Gasteiger charge is 2.31. The van der Waals surface area contributed by atoms with E-state index in [1.165, 1.54) is 17.3 Å². The molecule has 0 aromatic heterocycles. The smallest absolute Gasteiger partial charge is 0.243 e. The quantitative estimate of drug-likeness (QED) is 0.789. The first-order valence-corrected chi connectivity index (χ1v) is 10.7. The van der Waals surface area contributed by atoms with E-state index < -0.39 is 10.0 Å². The number of carbonyl (C=O) groups is 1. The molecule has 0 spiro atoms. The summed E-state index contributed by atoms with van der Waals surface area (Å²) in [6.07, 6.45) is 0.652. The number of piperazine rings is 1. The zero-order chi connectivity index (χ0) is 19.9. The monoisotopic (exact) mass is 403 g/mol. The lowest BCUT2D eigenvalue weighted by atomic mass is 10.2. The highest BCUT2D eigenvalue weighted by molar-refractivity contribution is 7.89. The van der Waals surface area contributed by atoms with Gasteiger partial charge in [0.1, 0.15) is 5.82 Å². The van der Waals surface area contributed by atoms with E-state index >= 15 is 0 Å². The van der Waals surface area contributed by atoms with Crippen molar-refractivity contribution >= 4 is 27.3 Å². The lowest BCUT2D eigenvalue weighted by molar-refractivity contribution is -0.116. The number of hydrogen-bond acceptors (Lipinski definition) is 4. The van der Waals surface area contributed by atoms with E-state index in [1.54, 1.807) is 41.3 Å². The molecule has 2 aromatic rings. The molecule has 1 saturated heterocycles. The number of hydrogen-bond donors (Lipinski definition) is 0. The van der Waals surface area contributed by atoms with Crippen molar-refractivity contribution in [2.45, 2.75) is 18.2 Å². The van der Waals surface area contributed by atoms with Gasteiger partial charge in [-0.15, -0.1) is 0 Å². The molecule has 1 amide bonds. The summed E-state index contributed by atoms with van der Waals surface area (Å²) in [5, 5.41) is 0. The summed E-state index contributed by atoms with van der Waals surface area (Å²) in [5.41, 5.74) is 2.17. The van der Waals surface area contributed by atoms with Gasteiger partial charge in [0.15, 0.2) is 0 Å². The van der Waals surface area contributed by atoms with Crippen LogP contribution in [-0.2, 0) is 21.2 Å². The highest BCUT2D eigenvalue weighted by atomic mass is 32.2. The van der Waals surface area contributed by atoms with Gasteiger partial charge >= 0.3 is 0 Å². The standard InChI is InChI=1S/C20H22FN3O3S/c1-15(25)24-9-8-16-14-17(6-7-19(16)24)28(26,27)23-12-10-22(11-13-23)20-5-3-2-4-18(20)21/h2-7,14H,8-13H2,1H3. The van der Waals surface area contributed by atoms with Crippen LogP contribution >= 0.6 is 0 Å². The number of sulfonamides is 1. The van der Waals surface area contributed by atoms with E-state index in [0.717, 1.165) is 11.3 Å². The van der Waals surface area contributed by atoms with Crippen LogP contribution in [-0.4, -0.2) is 51.4 Å². The Bertz CT molecular complexity index is 1020. The Balaban J connectivity index is 1.51. The predicted molar refractivity (Wildman–Crippen MR) is 106 cm³/mol. The lowest BCUT2D eigenvalue weighted by Gasteiger charge is -2.35. The molecule has 28 heavy (non-hydrogen) atoms.